The first-order valence-electron chi connectivity index (χ1n) is 3.36. The minimum atomic E-state index is -0.966. The van der Waals surface area contributed by atoms with Crippen LogP contribution in [0.3, 0.4) is 0 Å². The van der Waals surface area contributed by atoms with Crippen molar-refractivity contribution < 1.29 is 15.0 Å². The summed E-state index contributed by atoms with van der Waals surface area (Å²) in [6.07, 6.45) is 0.723. The van der Waals surface area contributed by atoms with Crippen molar-refractivity contribution in [2.45, 2.75) is 32.4 Å². The average molecular weight is 161 g/mol. The normalized spacial score (nSPS) is 30.6. The van der Waals surface area contributed by atoms with Crippen molar-refractivity contribution in [3.05, 3.63) is 0 Å². The van der Waals surface area contributed by atoms with Gasteiger partial charge < -0.3 is 15.5 Å². The Morgan fingerprint density at radius 3 is 2.55 bits per heavy atom. The van der Waals surface area contributed by atoms with Crippen molar-refractivity contribution >= 4 is 5.97 Å². The molecule has 1 saturated heterocycles. The molecule has 1 aliphatic rings. The molecule has 1 rings (SSSR count). The van der Waals surface area contributed by atoms with E-state index in [0.29, 0.717) is 13.0 Å². The van der Waals surface area contributed by atoms with E-state index < -0.39 is 18.1 Å². The van der Waals surface area contributed by atoms with E-state index in [9.17, 15) is 4.79 Å². The molecule has 1 aliphatic heterocycles. The number of rotatable bonds is 1. The summed E-state index contributed by atoms with van der Waals surface area (Å²) in [5.41, 5.74) is 0. The topological polar surface area (TPSA) is 69.6 Å². The van der Waals surface area contributed by atoms with E-state index in [0.717, 1.165) is 6.42 Å². The molecule has 0 spiro atoms. The van der Waals surface area contributed by atoms with E-state index in [1.54, 1.807) is 0 Å². The second kappa shape index (κ2) is 4.31. The molecule has 0 aromatic heterocycles. The fourth-order valence-corrected chi connectivity index (χ4v) is 1.12. The Bertz CT molecular complexity index is 138. The monoisotopic (exact) mass is 161 g/mol. The molecule has 0 radical (unpaired) electrons. The molecule has 1 fully saturated rings. The molecule has 0 saturated carbocycles. The van der Waals surface area contributed by atoms with Crippen LogP contribution in [0.2, 0.25) is 0 Å². The maximum absolute atomic E-state index is 10.3. The summed E-state index contributed by atoms with van der Waals surface area (Å²) in [5.74, 6) is -0.966. The van der Waals surface area contributed by atoms with E-state index in [2.05, 4.69) is 5.32 Å². The Hall–Kier alpha value is -0.610. The van der Waals surface area contributed by atoms with Gasteiger partial charge in [0.15, 0.2) is 0 Å². The lowest BCUT2D eigenvalue weighted by Crippen LogP contribution is -2.49. The summed E-state index contributed by atoms with van der Waals surface area (Å²) in [4.78, 5) is 10.3. The highest BCUT2D eigenvalue weighted by Gasteiger charge is 2.28. The van der Waals surface area contributed by atoms with Crippen LogP contribution in [-0.4, -0.2) is 34.9 Å². The van der Waals surface area contributed by atoms with Gasteiger partial charge in [0.05, 0.1) is 6.10 Å². The molecule has 66 valence electrons. The first-order chi connectivity index (χ1) is 4.72. The number of aliphatic hydroxyl groups excluding tert-OH is 1. The van der Waals surface area contributed by atoms with Crippen molar-refractivity contribution in [1.82, 2.24) is 5.32 Å². The van der Waals surface area contributed by atoms with Crippen molar-refractivity contribution in [3.8, 4) is 0 Å². The van der Waals surface area contributed by atoms with Gasteiger partial charge in [0, 0.05) is 0 Å². The van der Waals surface area contributed by atoms with Crippen molar-refractivity contribution in [1.29, 1.82) is 0 Å². The zero-order valence-electron chi connectivity index (χ0n) is 5.58. The van der Waals surface area contributed by atoms with Crippen molar-refractivity contribution in [2.24, 2.45) is 0 Å². The molecule has 1 heterocycles. The maximum atomic E-state index is 10.3. The van der Waals surface area contributed by atoms with Crippen LogP contribution in [-0.2, 0) is 4.79 Å². The Labute approximate surface area is 66.2 Å². The predicted molar refractivity (Wildman–Crippen MR) is 41.4 cm³/mol. The lowest BCUT2D eigenvalue weighted by atomic mass is 10.0. The Morgan fingerprint density at radius 2 is 2.18 bits per heavy atom. The van der Waals surface area contributed by atoms with Gasteiger partial charge in [-0.15, -0.1) is 0 Å². The van der Waals surface area contributed by atoms with Crippen LogP contribution in [0.15, 0.2) is 0 Å². The van der Waals surface area contributed by atoms with Crippen LogP contribution in [0.4, 0.5) is 0 Å². The summed E-state index contributed by atoms with van der Waals surface area (Å²) >= 11 is 0. The fraction of sp³-hybridized carbons (Fsp3) is 0.857. The van der Waals surface area contributed by atoms with Crippen LogP contribution in [0.25, 0.3) is 0 Å². The lowest BCUT2D eigenvalue weighted by Gasteiger charge is -2.24. The molecule has 3 N–H and O–H groups in total. The molecule has 4 nitrogen and oxygen atoms in total. The molecule has 0 aliphatic carbocycles. The van der Waals surface area contributed by atoms with Gasteiger partial charge in [-0.05, 0) is 19.4 Å². The van der Waals surface area contributed by atoms with Crippen LogP contribution < -0.4 is 5.32 Å². The van der Waals surface area contributed by atoms with Gasteiger partial charge in [-0.25, -0.2) is 0 Å². The number of carboxylic acids is 1. The summed E-state index contributed by atoms with van der Waals surface area (Å²) in [6, 6.07) is -0.756. The van der Waals surface area contributed by atoms with Crippen LogP contribution in [0, 0.1) is 0 Å². The van der Waals surface area contributed by atoms with E-state index in [1.807, 2.05) is 0 Å². The third-order valence-corrected chi connectivity index (χ3v) is 1.69. The number of hydrogen-bond acceptors (Lipinski definition) is 3. The number of piperidine rings is 1. The molecule has 4 heteroatoms. The Kier molecular flexibility index (Phi) is 4.07. The van der Waals surface area contributed by atoms with Crippen LogP contribution >= 0.6 is 0 Å². The number of aliphatic hydroxyl groups is 1. The zero-order valence-corrected chi connectivity index (χ0v) is 5.58. The highest BCUT2D eigenvalue weighted by Crippen LogP contribution is 2.07. The average Bonchev–Trinajstić information content (AvgIpc) is 1.88. The molecule has 11 heavy (non-hydrogen) atoms. The minimum Gasteiger partial charge on any atom is -0.480 e. The molecular weight excluding hydrogens is 146 g/mol. The van der Waals surface area contributed by atoms with Gasteiger partial charge in [-0.3, -0.25) is 4.79 Å². The molecule has 0 bridgehead atoms. The van der Waals surface area contributed by atoms with E-state index in [1.165, 1.54) is 0 Å². The molecular formula is C7H15NO3. The van der Waals surface area contributed by atoms with E-state index >= 15 is 0 Å². The first kappa shape index (κ1) is 10.4. The summed E-state index contributed by atoms with van der Waals surface area (Å²) in [5, 5.41) is 20.3. The van der Waals surface area contributed by atoms with Gasteiger partial charge in [-0.2, -0.15) is 0 Å². The highest BCUT2D eigenvalue weighted by atomic mass is 16.4. The minimum absolute atomic E-state index is 0. The van der Waals surface area contributed by atoms with Gasteiger partial charge in [0.2, 0.25) is 0 Å². The second-order valence-electron chi connectivity index (χ2n) is 2.48. The fourth-order valence-electron chi connectivity index (χ4n) is 1.12. The SMILES string of the molecule is C.O=C(O)[C@H]1NCCC[C@@H]1O. The molecule has 0 aromatic rings. The number of carbonyl (C=O) groups is 1. The summed E-state index contributed by atoms with van der Waals surface area (Å²) in [7, 11) is 0. The lowest BCUT2D eigenvalue weighted by molar-refractivity contribution is -0.143. The van der Waals surface area contributed by atoms with E-state index in [-0.39, 0.29) is 7.43 Å². The predicted octanol–water partition coefficient (Wildman–Crippen LogP) is -0.180. The third kappa shape index (κ3) is 2.48. The van der Waals surface area contributed by atoms with Gasteiger partial charge in [-0.1, -0.05) is 7.43 Å². The number of nitrogens with one attached hydrogen (secondary N) is 1. The van der Waals surface area contributed by atoms with Crippen LogP contribution in [0.1, 0.15) is 20.3 Å². The quantitative estimate of drug-likeness (QED) is 0.499. The third-order valence-electron chi connectivity index (χ3n) is 1.69. The van der Waals surface area contributed by atoms with E-state index in [4.69, 9.17) is 10.2 Å². The van der Waals surface area contributed by atoms with Gasteiger partial charge in [0.1, 0.15) is 6.04 Å². The smallest absolute Gasteiger partial charge is 0.323 e. The number of carboxylic acid groups (broad SMARTS) is 1. The molecule has 0 unspecified atom stereocenters. The number of aliphatic carboxylic acids is 1. The Balaban J connectivity index is 0.000001000. The van der Waals surface area contributed by atoms with Crippen molar-refractivity contribution in [3.63, 3.8) is 0 Å². The highest BCUT2D eigenvalue weighted by molar-refractivity contribution is 5.74. The standard InChI is InChI=1S/C6H11NO3.CH4/c8-4-2-1-3-7-5(4)6(9)10;/h4-5,7-8H,1-3H2,(H,9,10);1H4/t4-,5-;/m0./s1. The number of hydrogen-bond donors (Lipinski definition) is 3. The molecule has 2 atom stereocenters. The molecule has 0 amide bonds. The Morgan fingerprint density at radius 1 is 1.55 bits per heavy atom. The summed E-state index contributed by atoms with van der Waals surface area (Å²) < 4.78 is 0. The second-order valence-corrected chi connectivity index (χ2v) is 2.48. The van der Waals surface area contributed by atoms with Gasteiger partial charge in [0.25, 0.3) is 0 Å². The maximum Gasteiger partial charge on any atom is 0.323 e. The largest absolute Gasteiger partial charge is 0.480 e. The molecule has 0 aromatic carbocycles. The first-order valence-corrected chi connectivity index (χ1v) is 3.36. The van der Waals surface area contributed by atoms with Crippen molar-refractivity contribution in [2.75, 3.05) is 6.54 Å². The summed E-state index contributed by atoms with van der Waals surface area (Å²) in [6.45, 7) is 0.689. The van der Waals surface area contributed by atoms with Gasteiger partial charge >= 0.3 is 5.97 Å². The zero-order chi connectivity index (χ0) is 7.56. The van der Waals surface area contributed by atoms with Crippen LogP contribution in [0.5, 0.6) is 0 Å².